The van der Waals surface area contributed by atoms with Crippen LogP contribution >= 0.6 is 0 Å². The predicted octanol–water partition coefficient (Wildman–Crippen LogP) is 3.81. The molecular weight excluding hydrogens is 476 g/mol. The molecule has 2 N–H and O–H groups in total. The Balaban J connectivity index is 1.60. The number of amides is 1. The molecule has 1 atom stereocenters. The zero-order valence-corrected chi connectivity index (χ0v) is 22.5. The summed E-state index contributed by atoms with van der Waals surface area (Å²) in [6, 6.07) is 9.89. The molecule has 194 valence electrons. The second-order valence-corrected chi connectivity index (χ2v) is 12.1. The molecule has 0 bridgehead atoms. The van der Waals surface area contributed by atoms with Gasteiger partial charge < -0.3 is 14.9 Å². The zero-order valence-electron chi connectivity index (χ0n) is 21.7. The maximum atomic E-state index is 13.4. The van der Waals surface area contributed by atoms with Gasteiger partial charge in [0, 0.05) is 53.5 Å². The molecule has 0 saturated carbocycles. The van der Waals surface area contributed by atoms with Crippen molar-refractivity contribution in [2.45, 2.75) is 60.0 Å². The lowest BCUT2D eigenvalue weighted by molar-refractivity contribution is 0.0951. The summed E-state index contributed by atoms with van der Waals surface area (Å²) in [5, 5.41) is 3.84. The Morgan fingerprint density at radius 1 is 1.17 bits per heavy atom. The van der Waals surface area contributed by atoms with Crippen LogP contribution in [0.3, 0.4) is 0 Å². The average molecular weight is 513 g/mol. The van der Waals surface area contributed by atoms with Gasteiger partial charge in [0.05, 0.1) is 11.3 Å². The first-order valence-electron chi connectivity index (χ1n) is 12.6. The van der Waals surface area contributed by atoms with Crippen molar-refractivity contribution in [3.8, 4) is 0 Å². The lowest BCUT2D eigenvalue weighted by Gasteiger charge is -2.35. The van der Waals surface area contributed by atoms with E-state index in [1.807, 2.05) is 51.1 Å². The summed E-state index contributed by atoms with van der Waals surface area (Å²) in [6.07, 6.45) is 1.56. The fourth-order valence-corrected chi connectivity index (χ4v) is 6.72. The Labute approximate surface area is 212 Å². The van der Waals surface area contributed by atoms with Crippen LogP contribution in [0.4, 0.5) is 0 Å². The normalized spacial score (nSPS) is 16.4. The summed E-state index contributed by atoms with van der Waals surface area (Å²) in [6.45, 7) is 10.7. The van der Waals surface area contributed by atoms with E-state index < -0.39 is 10.0 Å². The number of hydrogen-bond acceptors (Lipinski definition) is 4. The number of nitrogens with zero attached hydrogens (tertiary/aromatic N) is 2. The van der Waals surface area contributed by atoms with Gasteiger partial charge in [-0.05, 0) is 71.1 Å². The molecule has 3 aromatic rings. The highest BCUT2D eigenvalue weighted by Gasteiger charge is 2.32. The van der Waals surface area contributed by atoms with E-state index in [9.17, 15) is 18.0 Å². The molecule has 2 aromatic heterocycles. The van der Waals surface area contributed by atoms with Gasteiger partial charge >= 0.3 is 0 Å². The molecule has 36 heavy (non-hydrogen) atoms. The fraction of sp³-hybridized carbons (Fsp3) is 0.481. The molecular formula is C27H36N4O4S. The number of aromatic amines is 1. The van der Waals surface area contributed by atoms with E-state index in [0.717, 1.165) is 40.7 Å². The standard InChI is InChI=1S/C27H36N4O4S/c1-6-36(34,35)30-13-11-21(12-14-30)19(4)31-20(5)25(22-9-7-8-10-24(22)31)27(33)28-16-23-17(2)15-18(3)29-26(23)32/h7-10,15,19,21H,6,11-14,16H2,1-5H3,(H,28,33)(H,29,32)/t19-/m0/s1. The van der Waals surface area contributed by atoms with Gasteiger partial charge in [-0.2, -0.15) is 0 Å². The highest BCUT2D eigenvalue weighted by molar-refractivity contribution is 7.89. The molecule has 4 rings (SSSR count). The van der Waals surface area contributed by atoms with E-state index in [2.05, 4.69) is 21.8 Å². The van der Waals surface area contributed by atoms with Gasteiger partial charge in [-0.15, -0.1) is 0 Å². The van der Waals surface area contributed by atoms with Crippen molar-refractivity contribution >= 4 is 26.8 Å². The van der Waals surface area contributed by atoms with E-state index >= 15 is 0 Å². The molecule has 1 saturated heterocycles. The van der Waals surface area contributed by atoms with E-state index in [4.69, 9.17) is 0 Å². The van der Waals surface area contributed by atoms with Crippen LogP contribution in [0.25, 0.3) is 10.9 Å². The minimum absolute atomic E-state index is 0.102. The van der Waals surface area contributed by atoms with Gasteiger partial charge in [0.2, 0.25) is 10.0 Å². The van der Waals surface area contributed by atoms with Crippen molar-refractivity contribution in [1.29, 1.82) is 0 Å². The fourth-order valence-electron chi connectivity index (χ4n) is 5.59. The van der Waals surface area contributed by atoms with Crippen LogP contribution in [-0.4, -0.2) is 47.0 Å². The number of carbonyl (C=O) groups excluding carboxylic acids is 1. The van der Waals surface area contributed by atoms with Gasteiger partial charge in [-0.25, -0.2) is 12.7 Å². The smallest absolute Gasteiger partial charge is 0.254 e. The molecule has 1 amide bonds. The van der Waals surface area contributed by atoms with Crippen molar-refractivity contribution in [3.63, 3.8) is 0 Å². The van der Waals surface area contributed by atoms with E-state index in [1.165, 1.54) is 0 Å². The number of para-hydroxylation sites is 1. The highest BCUT2D eigenvalue weighted by atomic mass is 32.2. The van der Waals surface area contributed by atoms with Crippen LogP contribution in [0.1, 0.15) is 65.6 Å². The minimum Gasteiger partial charge on any atom is -0.348 e. The molecule has 1 aliphatic heterocycles. The van der Waals surface area contributed by atoms with Gasteiger partial charge in [-0.3, -0.25) is 9.59 Å². The van der Waals surface area contributed by atoms with E-state index in [-0.39, 0.29) is 29.8 Å². The van der Waals surface area contributed by atoms with Gasteiger partial charge in [0.25, 0.3) is 11.5 Å². The van der Waals surface area contributed by atoms with Crippen molar-refractivity contribution in [2.24, 2.45) is 5.92 Å². The van der Waals surface area contributed by atoms with Crippen LogP contribution in [0.15, 0.2) is 35.1 Å². The number of piperidine rings is 1. The molecule has 1 fully saturated rings. The first-order valence-corrected chi connectivity index (χ1v) is 14.2. The summed E-state index contributed by atoms with van der Waals surface area (Å²) < 4.78 is 28.4. The Kier molecular flexibility index (Phi) is 7.43. The third-order valence-corrected chi connectivity index (χ3v) is 9.53. The summed E-state index contributed by atoms with van der Waals surface area (Å²) in [7, 11) is -3.17. The minimum atomic E-state index is -3.17. The first kappa shape index (κ1) is 26.2. The third-order valence-electron chi connectivity index (χ3n) is 7.65. The van der Waals surface area contributed by atoms with Crippen molar-refractivity contribution < 1.29 is 13.2 Å². The number of rotatable bonds is 7. The number of carbonyl (C=O) groups is 1. The van der Waals surface area contributed by atoms with Crippen LogP contribution in [-0.2, 0) is 16.6 Å². The number of nitrogens with one attached hydrogen (secondary N) is 2. The Morgan fingerprint density at radius 2 is 1.83 bits per heavy atom. The molecule has 0 radical (unpaired) electrons. The monoisotopic (exact) mass is 512 g/mol. The number of pyridine rings is 1. The third kappa shape index (κ3) is 4.86. The summed E-state index contributed by atoms with van der Waals surface area (Å²) in [4.78, 5) is 28.6. The SMILES string of the molecule is CCS(=O)(=O)N1CCC([C@H](C)n2c(C)c(C(=O)NCc3c(C)cc(C)[nH]c3=O)c3ccccc32)CC1. The first-order chi connectivity index (χ1) is 17.0. The lowest BCUT2D eigenvalue weighted by Crippen LogP contribution is -2.40. The number of fused-ring (bicyclic) bond motifs is 1. The second kappa shape index (κ2) is 10.2. The quantitative estimate of drug-likeness (QED) is 0.502. The average Bonchev–Trinajstić information content (AvgIpc) is 3.14. The number of sulfonamides is 1. The zero-order chi connectivity index (χ0) is 26.2. The van der Waals surface area contributed by atoms with Crippen molar-refractivity contribution in [3.05, 3.63) is 68.8 Å². The number of H-pyrrole nitrogens is 1. The summed E-state index contributed by atoms with van der Waals surface area (Å²) in [5.74, 6) is 0.214. The highest BCUT2D eigenvalue weighted by Crippen LogP contribution is 2.36. The Bertz CT molecular complexity index is 1450. The maximum Gasteiger partial charge on any atom is 0.254 e. The number of aryl methyl sites for hydroxylation is 2. The molecule has 0 aliphatic carbocycles. The summed E-state index contributed by atoms with van der Waals surface area (Å²) >= 11 is 0. The van der Waals surface area contributed by atoms with Crippen LogP contribution in [0.2, 0.25) is 0 Å². The van der Waals surface area contributed by atoms with Gasteiger partial charge in [-0.1, -0.05) is 18.2 Å². The Morgan fingerprint density at radius 3 is 2.47 bits per heavy atom. The predicted molar refractivity (Wildman–Crippen MR) is 143 cm³/mol. The number of benzene rings is 1. The van der Waals surface area contributed by atoms with Crippen LogP contribution < -0.4 is 10.9 Å². The molecule has 1 aliphatic rings. The maximum absolute atomic E-state index is 13.4. The number of hydrogen-bond donors (Lipinski definition) is 2. The topological polar surface area (TPSA) is 104 Å². The number of aromatic nitrogens is 2. The second-order valence-electron chi connectivity index (χ2n) is 9.85. The van der Waals surface area contributed by atoms with Gasteiger partial charge in [0.1, 0.15) is 0 Å². The largest absolute Gasteiger partial charge is 0.348 e. The molecule has 8 nitrogen and oxygen atoms in total. The summed E-state index contributed by atoms with van der Waals surface area (Å²) in [5.41, 5.74) is 4.48. The van der Waals surface area contributed by atoms with Crippen LogP contribution in [0.5, 0.6) is 0 Å². The van der Waals surface area contributed by atoms with Gasteiger partial charge in [0.15, 0.2) is 0 Å². The van der Waals surface area contributed by atoms with Crippen LogP contribution in [0, 0.1) is 26.7 Å². The van der Waals surface area contributed by atoms with E-state index in [0.29, 0.717) is 30.1 Å². The van der Waals surface area contributed by atoms with E-state index in [1.54, 1.807) is 11.2 Å². The molecule has 0 unspecified atom stereocenters. The lowest BCUT2D eigenvalue weighted by atomic mass is 9.91. The van der Waals surface area contributed by atoms with Crippen molar-refractivity contribution in [1.82, 2.24) is 19.2 Å². The molecule has 0 spiro atoms. The molecule has 1 aromatic carbocycles. The van der Waals surface area contributed by atoms with Crippen molar-refractivity contribution in [2.75, 3.05) is 18.8 Å². The molecule has 3 heterocycles. The molecule has 9 heteroatoms. The Hall–Kier alpha value is -2.91.